The van der Waals surface area contributed by atoms with Crippen molar-refractivity contribution in [2.75, 3.05) is 19.6 Å². The fraction of sp³-hybridized carbons (Fsp3) is 0.478. The second kappa shape index (κ2) is 7.88. The number of nitrogens with zero attached hydrogens (tertiary/aromatic N) is 2. The molecular formula is C23H27F3N2. The van der Waals surface area contributed by atoms with Gasteiger partial charge >= 0.3 is 6.18 Å². The van der Waals surface area contributed by atoms with Crippen LogP contribution in [0.5, 0.6) is 0 Å². The van der Waals surface area contributed by atoms with Gasteiger partial charge in [0.15, 0.2) is 0 Å². The molecule has 2 heterocycles. The van der Waals surface area contributed by atoms with Crippen LogP contribution in [0.25, 0.3) is 0 Å². The molecule has 0 bridgehead atoms. The molecule has 0 saturated carbocycles. The molecule has 0 aromatic heterocycles. The molecule has 1 atom stereocenters. The molecule has 2 aromatic carbocycles. The highest BCUT2D eigenvalue weighted by Gasteiger charge is 2.43. The molecule has 0 N–H and O–H groups in total. The SMILES string of the molecule is FC(F)(F)c1ccc(CN2CCC[C@]23CCCN(Cc2ccccc2)C3)cc1. The zero-order valence-corrected chi connectivity index (χ0v) is 16.1. The van der Waals surface area contributed by atoms with E-state index in [9.17, 15) is 13.2 Å². The summed E-state index contributed by atoms with van der Waals surface area (Å²) in [4.78, 5) is 5.07. The van der Waals surface area contributed by atoms with Crippen molar-refractivity contribution in [3.05, 3.63) is 71.3 Å². The van der Waals surface area contributed by atoms with Gasteiger partial charge < -0.3 is 0 Å². The van der Waals surface area contributed by atoms with Crippen LogP contribution in [0.3, 0.4) is 0 Å². The Morgan fingerprint density at radius 1 is 0.786 bits per heavy atom. The Bertz CT molecular complexity index is 773. The molecule has 2 aliphatic rings. The Hall–Kier alpha value is -1.85. The molecule has 4 rings (SSSR count). The van der Waals surface area contributed by atoms with Crippen LogP contribution in [0.15, 0.2) is 54.6 Å². The molecule has 1 spiro atoms. The molecule has 0 radical (unpaired) electrons. The smallest absolute Gasteiger partial charge is 0.297 e. The highest BCUT2D eigenvalue weighted by Crippen LogP contribution is 2.39. The summed E-state index contributed by atoms with van der Waals surface area (Å²) in [7, 11) is 0. The van der Waals surface area contributed by atoms with Gasteiger partial charge in [-0.05, 0) is 62.0 Å². The number of likely N-dealkylation sites (tertiary alicyclic amines) is 2. The van der Waals surface area contributed by atoms with Crippen LogP contribution in [0.1, 0.15) is 42.4 Å². The molecule has 2 aliphatic heterocycles. The number of benzene rings is 2. The van der Waals surface area contributed by atoms with Gasteiger partial charge in [0.25, 0.3) is 0 Å². The first-order valence-corrected chi connectivity index (χ1v) is 10.1. The van der Waals surface area contributed by atoms with Crippen molar-refractivity contribution in [3.63, 3.8) is 0 Å². The average Bonchev–Trinajstić information content (AvgIpc) is 3.03. The lowest BCUT2D eigenvalue weighted by molar-refractivity contribution is -0.137. The molecule has 150 valence electrons. The van der Waals surface area contributed by atoms with Crippen molar-refractivity contribution in [3.8, 4) is 0 Å². The zero-order valence-electron chi connectivity index (χ0n) is 16.1. The highest BCUT2D eigenvalue weighted by atomic mass is 19.4. The van der Waals surface area contributed by atoms with Crippen molar-refractivity contribution < 1.29 is 13.2 Å². The molecule has 0 amide bonds. The number of halogens is 3. The van der Waals surface area contributed by atoms with Crippen molar-refractivity contribution in [2.24, 2.45) is 0 Å². The van der Waals surface area contributed by atoms with E-state index in [0.29, 0.717) is 0 Å². The molecule has 2 saturated heterocycles. The summed E-state index contributed by atoms with van der Waals surface area (Å²) in [5.74, 6) is 0. The number of hydrogen-bond acceptors (Lipinski definition) is 2. The third kappa shape index (κ3) is 4.26. The maximum absolute atomic E-state index is 12.8. The molecule has 28 heavy (non-hydrogen) atoms. The first-order valence-electron chi connectivity index (χ1n) is 10.1. The minimum atomic E-state index is -4.27. The van der Waals surface area contributed by atoms with Crippen molar-refractivity contribution in [2.45, 2.75) is 50.5 Å². The summed E-state index contributed by atoms with van der Waals surface area (Å²) in [6, 6.07) is 16.3. The minimum Gasteiger partial charge on any atom is -0.297 e. The highest BCUT2D eigenvalue weighted by molar-refractivity contribution is 5.25. The molecule has 0 unspecified atom stereocenters. The summed E-state index contributed by atoms with van der Waals surface area (Å²) in [5, 5.41) is 0. The Balaban J connectivity index is 1.44. The largest absolute Gasteiger partial charge is 0.416 e. The van der Waals surface area contributed by atoms with Gasteiger partial charge in [-0.25, -0.2) is 0 Å². The standard InChI is InChI=1S/C23H27F3N2/c24-23(25,26)21-10-8-20(9-11-21)17-28-15-5-13-22(28)12-4-14-27(18-22)16-19-6-2-1-3-7-19/h1-3,6-11H,4-5,12-18H2/t22-/m0/s1. The number of rotatable bonds is 4. The van der Waals surface area contributed by atoms with Gasteiger partial charge in [0.1, 0.15) is 0 Å². The van der Waals surface area contributed by atoms with E-state index in [4.69, 9.17) is 0 Å². The van der Waals surface area contributed by atoms with Gasteiger partial charge in [0.05, 0.1) is 5.56 Å². The maximum Gasteiger partial charge on any atom is 0.416 e. The van der Waals surface area contributed by atoms with Crippen LogP contribution in [0, 0.1) is 0 Å². The third-order valence-corrected chi connectivity index (χ3v) is 6.28. The first kappa shape index (κ1) is 19.5. The predicted octanol–water partition coefficient (Wildman–Crippen LogP) is 5.34. The molecule has 2 fully saturated rings. The van der Waals surface area contributed by atoms with Crippen molar-refractivity contribution in [1.29, 1.82) is 0 Å². The van der Waals surface area contributed by atoms with E-state index in [1.807, 2.05) is 6.07 Å². The normalized spacial score (nSPS) is 24.1. The Morgan fingerprint density at radius 3 is 2.11 bits per heavy atom. The third-order valence-electron chi connectivity index (χ3n) is 6.28. The lowest BCUT2D eigenvalue weighted by Crippen LogP contribution is -2.55. The van der Waals surface area contributed by atoms with Gasteiger partial charge in [-0.1, -0.05) is 42.5 Å². The lowest BCUT2D eigenvalue weighted by Gasteiger charge is -2.46. The first-order chi connectivity index (χ1) is 13.4. The summed E-state index contributed by atoms with van der Waals surface area (Å²) in [5.41, 5.74) is 1.90. The van der Waals surface area contributed by atoms with Crippen molar-refractivity contribution in [1.82, 2.24) is 9.80 Å². The van der Waals surface area contributed by atoms with E-state index >= 15 is 0 Å². The topological polar surface area (TPSA) is 6.48 Å². The van der Waals surface area contributed by atoms with E-state index < -0.39 is 11.7 Å². The van der Waals surface area contributed by atoms with Crippen LogP contribution in [0.4, 0.5) is 13.2 Å². The fourth-order valence-electron chi connectivity index (χ4n) is 4.91. The lowest BCUT2D eigenvalue weighted by atomic mass is 9.86. The number of piperidine rings is 1. The molecule has 0 aliphatic carbocycles. The monoisotopic (exact) mass is 388 g/mol. The Labute approximate surface area is 165 Å². The summed E-state index contributed by atoms with van der Waals surface area (Å²) in [6.45, 7) is 4.89. The molecule has 2 nitrogen and oxygen atoms in total. The molecule has 5 heteroatoms. The number of hydrogen-bond donors (Lipinski definition) is 0. The van der Waals surface area contributed by atoms with Crippen LogP contribution in [0.2, 0.25) is 0 Å². The van der Waals surface area contributed by atoms with E-state index in [1.165, 1.54) is 43.4 Å². The van der Waals surface area contributed by atoms with Crippen LogP contribution >= 0.6 is 0 Å². The van der Waals surface area contributed by atoms with Crippen LogP contribution in [-0.2, 0) is 19.3 Å². The quantitative estimate of drug-likeness (QED) is 0.698. The summed E-state index contributed by atoms with van der Waals surface area (Å²) in [6.07, 6.45) is 0.433. The average molecular weight is 388 g/mol. The minimum absolute atomic E-state index is 0.162. The van der Waals surface area contributed by atoms with E-state index in [1.54, 1.807) is 12.1 Å². The van der Waals surface area contributed by atoms with E-state index in [0.717, 1.165) is 38.3 Å². The van der Waals surface area contributed by atoms with Gasteiger partial charge in [0, 0.05) is 25.2 Å². The van der Waals surface area contributed by atoms with Crippen LogP contribution in [-0.4, -0.2) is 35.0 Å². The van der Waals surface area contributed by atoms with Crippen molar-refractivity contribution >= 4 is 0 Å². The second-order valence-electron chi connectivity index (χ2n) is 8.24. The summed E-state index contributed by atoms with van der Waals surface area (Å²) >= 11 is 0. The van der Waals surface area contributed by atoms with Gasteiger partial charge in [-0.15, -0.1) is 0 Å². The Kier molecular flexibility index (Phi) is 5.48. The second-order valence-corrected chi connectivity index (χ2v) is 8.24. The van der Waals surface area contributed by atoms with E-state index in [-0.39, 0.29) is 5.54 Å². The van der Waals surface area contributed by atoms with E-state index in [2.05, 4.69) is 34.1 Å². The molecule has 2 aromatic rings. The Morgan fingerprint density at radius 2 is 1.43 bits per heavy atom. The number of alkyl halides is 3. The maximum atomic E-state index is 12.8. The fourth-order valence-corrected chi connectivity index (χ4v) is 4.91. The summed E-state index contributed by atoms with van der Waals surface area (Å²) < 4.78 is 38.4. The van der Waals surface area contributed by atoms with Gasteiger partial charge in [-0.2, -0.15) is 13.2 Å². The predicted molar refractivity (Wildman–Crippen MR) is 105 cm³/mol. The molecular weight excluding hydrogens is 361 g/mol. The van der Waals surface area contributed by atoms with Gasteiger partial charge in [0.2, 0.25) is 0 Å². The van der Waals surface area contributed by atoms with Crippen LogP contribution < -0.4 is 0 Å². The van der Waals surface area contributed by atoms with Gasteiger partial charge in [-0.3, -0.25) is 9.80 Å². The zero-order chi connectivity index (χ0) is 19.6.